The van der Waals surface area contributed by atoms with Crippen LogP contribution in [0.4, 0.5) is 49.4 Å². The molecule has 0 fully saturated rings. The van der Waals surface area contributed by atoms with Gasteiger partial charge in [-0.05, 0) is 144 Å². The maximum absolute atomic E-state index is 10.5. The molecule has 6 rings (SSSR count). The number of aromatic nitrogens is 2. The van der Waals surface area contributed by atoms with E-state index in [9.17, 15) is 26.3 Å². The van der Waals surface area contributed by atoms with E-state index in [0.717, 1.165) is 47.6 Å². The van der Waals surface area contributed by atoms with Gasteiger partial charge in [-0.3, -0.25) is 0 Å². The fourth-order valence-corrected chi connectivity index (χ4v) is 7.40. The number of benzene rings is 4. The number of halogens is 6. The number of ether oxygens (including phenoxy) is 1. The van der Waals surface area contributed by atoms with Crippen molar-refractivity contribution in [3.63, 3.8) is 0 Å². The van der Waals surface area contributed by atoms with E-state index in [1.54, 1.807) is 0 Å². The monoisotopic (exact) mass is 1210 g/mol. The summed E-state index contributed by atoms with van der Waals surface area (Å²) in [5, 5.41) is 27.6. The molecule has 0 spiro atoms. The molecule has 0 N–H and O–H groups in total. The first-order valence-corrected chi connectivity index (χ1v) is 24.0. The average Bonchev–Trinajstić information content (AvgIpc) is 3.29. The zero-order valence-corrected chi connectivity index (χ0v) is 49.0. The third-order valence-electron chi connectivity index (χ3n) is 11.0. The van der Waals surface area contributed by atoms with Crippen molar-refractivity contribution >= 4 is 34.9 Å². The van der Waals surface area contributed by atoms with Crippen LogP contribution >= 0.6 is 0 Å². The Hall–Kier alpha value is -5.36. The van der Waals surface area contributed by atoms with Gasteiger partial charge in [0.2, 0.25) is 0 Å². The van der Waals surface area contributed by atoms with E-state index < -0.39 is 24.3 Å². The Labute approximate surface area is 468 Å². The molecular formula is C58H68F6Mo2N4O5. The molecule has 0 saturated carbocycles. The summed E-state index contributed by atoms with van der Waals surface area (Å²) < 4.78 is 67.9. The first-order chi connectivity index (χ1) is 34.1. The molecule has 75 heavy (non-hydrogen) atoms. The Bertz CT molecular complexity index is 2440. The van der Waals surface area contributed by atoms with Crippen LogP contribution in [0.15, 0.2) is 109 Å². The van der Waals surface area contributed by atoms with Crippen molar-refractivity contribution in [3.05, 3.63) is 164 Å². The number of carbonyl (C=O) groups excluding carboxylic acids is 2. The number of nitrogens with zero attached hydrogens (tertiary/aromatic N) is 4. The summed E-state index contributed by atoms with van der Waals surface area (Å²) in [6.07, 6.45) is -10.4. The molecule has 404 valence electrons. The van der Waals surface area contributed by atoms with Crippen LogP contribution in [0.2, 0.25) is 0 Å². The molecule has 9 nitrogen and oxygen atoms in total. The summed E-state index contributed by atoms with van der Waals surface area (Å²) in [7, 11) is 0. The molecular weight excluding hydrogens is 1140 g/mol. The number of carboxylic acid groups (broad SMARTS) is 2. The van der Waals surface area contributed by atoms with Gasteiger partial charge in [-0.25, -0.2) is 0 Å². The molecule has 0 atom stereocenters. The Morgan fingerprint density at radius 1 is 0.467 bits per heavy atom. The van der Waals surface area contributed by atoms with Crippen LogP contribution in [0, 0.1) is 27.7 Å². The van der Waals surface area contributed by atoms with Crippen molar-refractivity contribution in [1.29, 1.82) is 0 Å². The van der Waals surface area contributed by atoms with Gasteiger partial charge < -0.3 is 45.1 Å². The van der Waals surface area contributed by atoms with Crippen LogP contribution in [0.5, 0.6) is 0 Å². The van der Waals surface area contributed by atoms with Crippen molar-refractivity contribution in [2.45, 2.75) is 133 Å². The molecule has 0 saturated heterocycles. The molecule has 0 unspecified atom stereocenters. The number of hydrogen-bond acceptors (Lipinski definition) is 7. The van der Waals surface area contributed by atoms with E-state index in [-0.39, 0.29) is 42.1 Å². The smallest absolute Gasteiger partial charge is 0.542 e. The molecule has 2 aromatic heterocycles. The Kier molecular flexibility index (Phi) is 30.6. The zero-order valence-electron chi connectivity index (χ0n) is 45.0. The van der Waals surface area contributed by atoms with Crippen LogP contribution in [-0.2, 0) is 56.5 Å². The van der Waals surface area contributed by atoms with Gasteiger partial charge in [0, 0.05) is 13.2 Å². The predicted octanol–water partition coefficient (Wildman–Crippen LogP) is 15.5. The van der Waals surface area contributed by atoms with Crippen LogP contribution in [0.25, 0.3) is 33.1 Å². The summed E-state index contributed by atoms with van der Waals surface area (Å²) >= 11 is 0. The Morgan fingerprint density at radius 2 is 0.693 bits per heavy atom. The molecule has 0 amide bonds. The van der Waals surface area contributed by atoms with Crippen LogP contribution < -0.4 is 10.2 Å². The maximum Gasteiger partial charge on any atom is 2.00 e. The van der Waals surface area contributed by atoms with E-state index in [1.165, 1.54) is 55.6 Å². The fourth-order valence-electron chi connectivity index (χ4n) is 7.40. The Morgan fingerprint density at radius 3 is 0.893 bits per heavy atom. The van der Waals surface area contributed by atoms with Gasteiger partial charge in [-0.1, -0.05) is 176 Å². The number of alkyl halides is 6. The number of aliphatic carboxylic acids is 2. The fraction of sp³-hybridized carbons (Fsp3) is 0.379. The quantitative estimate of drug-likeness (QED) is 0.0876. The first kappa shape index (κ1) is 69.6. The number of rotatable bonds is 12. The second-order valence-electron chi connectivity index (χ2n) is 18.1. The summed E-state index contributed by atoms with van der Waals surface area (Å²) in [6, 6.07) is 38.0. The predicted molar refractivity (Wildman–Crippen MR) is 277 cm³/mol. The zero-order chi connectivity index (χ0) is 55.4. The molecule has 2 heterocycles. The van der Waals surface area contributed by atoms with Gasteiger partial charge >= 0.3 is 54.5 Å². The van der Waals surface area contributed by atoms with Gasteiger partial charge in [0.05, 0.1) is 0 Å². The van der Waals surface area contributed by atoms with Crippen LogP contribution in [-0.4, -0.2) is 47.5 Å². The van der Waals surface area contributed by atoms with Crippen molar-refractivity contribution < 1.29 is 93.0 Å². The van der Waals surface area contributed by atoms with E-state index >= 15 is 0 Å². The van der Waals surface area contributed by atoms with Crippen LogP contribution in [0.3, 0.4) is 0 Å². The van der Waals surface area contributed by atoms with Crippen molar-refractivity contribution in [3.8, 4) is 22.5 Å². The Balaban J connectivity index is 0.00000107. The first-order valence-electron chi connectivity index (χ1n) is 24.0. The average molecular weight is 1210 g/mol. The number of hydrogen-bond donors (Lipinski definition) is 0. The number of aryl methyl sites for hydroxylation is 4. The number of para-hydroxylation sites is 2. The van der Waals surface area contributed by atoms with E-state index in [1.807, 2.05) is 26.0 Å². The number of carbonyl (C=O) groups is 2. The molecule has 0 aliphatic heterocycles. The summed E-state index contributed by atoms with van der Waals surface area (Å²) in [5.41, 5.74) is 16.6. The second-order valence-corrected chi connectivity index (χ2v) is 18.1. The normalized spacial score (nSPS) is 10.8. The molecule has 0 aliphatic rings. The van der Waals surface area contributed by atoms with Gasteiger partial charge in [-0.15, -0.1) is 0 Å². The third kappa shape index (κ3) is 22.4. The van der Waals surface area contributed by atoms with Crippen molar-refractivity contribution in [1.82, 2.24) is 9.97 Å². The SMILES string of the molecule is CCOCC.Cc1cccc(C)c1-c1cccc([N-]c2c(C(C)C)cccc2C(C)C)n1.Cc1cccc(C)c1-c1cccc([N-]c2c(C(C)C)cccc2C(C)C)n1.O=C([O-])C(F)(F)F.O=C([O-])C(F)(F)F.[Mo+2].[Mo+2]. The van der Waals surface area contributed by atoms with Gasteiger partial charge in [0.25, 0.3) is 0 Å². The van der Waals surface area contributed by atoms with Gasteiger partial charge in [-0.2, -0.15) is 26.3 Å². The molecule has 6 aromatic rings. The largest absolute Gasteiger partial charge is 2.00 e. The summed E-state index contributed by atoms with van der Waals surface area (Å²) in [4.78, 5) is 27.4. The minimum absolute atomic E-state index is 0. The summed E-state index contributed by atoms with van der Waals surface area (Å²) in [5.74, 6) is -2.79. The van der Waals surface area contributed by atoms with E-state index in [2.05, 4.69) is 180 Å². The third-order valence-corrected chi connectivity index (χ3v) is 11.0. The van der Waals surface area contributed by atoms with Crippen molar-refractivity contribution in [2.75, 3.05) is 13.2 Å². The van der Waals surface area contributed by atoms with E-state index in [4.69, 9.17) is 45.1 Å². The number of pyridine rings is 2. The second kappa shape index (κ2) is 32.9. The molecule has 17 heteroatoms. The molecule has 0 aliphatic carbocycles. The van der Waals surface area contributed by atoms with Gasteiger partial charge in [0.1, 0.15) is 11.9 Å². The molecule has 0 radical (unpaired) electrons. The molecule has 0 bridgehead atoms. The standard InChI is InChI=1S/2C25H29N2.C4H10O.2C2HF3O2.2Mo/c2*1-16(2)20-12-8-13-21(17(3)4)25(20)27-23-15-9-14-22(26-23)24-18(5)10-7-11-19(24)6;1-3-5-4-2;2*3-2(4,5)1(6)7;;/h2*7-17H,1-6H3;3-4H2,1-2H3;2*(H,6,7);;/q2*-1;;;;2*+2/p-2. The summed E-state index contributed by atoms with van der Waals surface area (Å²) in [6.45, 7) is 32.0. The minimum atomic E-state index is -5.19. The van der Waals surface area contributed by atoms with E-state index in [0.29, 0.717) is 23.7 Å². The van der Waals surface area contributed by atoms with Crippen molar-refractivity contribution in [2.24, 2.45) is 0 Å². The maximum atomic E-state index is 10.5. The van der Waals surface area contributed by atoms with Gasteiger partial charge in [0.15, 0.2) is 0 Å². The number of carboxylic acids is 2. The van der Waals surface area contributed by atoms with Crippen LogP contribution in [0.1, 0.15) is 137 Å². The molecule has 4 aromatic carbocycles. The topological polar surface area (TPSA) is 143 Å². The minimum Gasteiger partial charge on any atom is -0.542 e.